The minimum Gasteiger partial charge on any atom is -0.481 e. The van der Waals surface area contributed by atoms with Gasteiger partial charge < -0.3 is 5.11 Å². The normalized spacial score (nSPS) is 18.6. The largest absolute Gasteiger partial charge is 0.481 e. The molecule has 0 bridgehead atoms. The Morgan fingerprint density at radius 3 is 2.75 bits per heavy atom. The molecule has 1 saturated heterocycles. The number of non-ortho nitro benzene ring substituents is 1. The molecule has 1 fully saturated rings. The Bertz CT molecular complexity index is 526. The van der Waals surface area contributed by atoms with Crippen LogP contribution in [0.1, 0.15) is 12.0 Å². The van der Waals surface area contributed by atoms with Crippen LogP contribution in [0.25, 0.3) is 0 Å². The number of nitro groups is 1. The zero-order chi connectivity index (χ0) is 14.0. The number of rotatable bonds is 4. The maximum atomic E-state index is 13.7. The van der Waals surface area contributed by atoms with Crippen LogP contribution >= 0.6 is 12.4 Å². The zero-order valence-corrected chi connectivity index (χ0v) is 11.3. The Morgan fingerprint density at radius 2 is 2.25 bits per heavy atom. The number of nitro benzene ring substituents is 1. The highest BCUT2D eigenvalue weighted by atomic mass is 35.5. The first-order valence-electron chi connectivity index (χ1n) is 5.85. The number of halogens is 2. The van der Waals surface area contributed by atoms with Crippen LogP contribution in [-0.2, 0) is 11.3 Å². The Hall–Kier alpha value is -1.73. The highest BCUT2D eigenvalue weighted by Crippen LogP contribution is 2.22. The summed E-state index contributed by atoms with van der Waals surface area (Å²) in [6, 6.07) is 3.52. The number of nitrogens with zero attached hydrogens (tertiary/aromatic N) is 2. The van der Waals surface area contributed by atoms with E-state index in [-0.39, 0.29) is 24.6 Å². The highest BCUT2D eigenvalue weighted by molar-refractivity contribution is 5.85. The molecular weight excluding hydrogens is 291 g/mol. The number of carboxylic acids is 1. The summed E-state index contributed by atoms with van der Waals surface area (Å²) in [5, 5.41) is 19.4. The quantitative estimate of drug-likeness (QED) is 0.680. The molecule has 1 aromatic carbocycles. The van der Waals surface area contributed by atoms with Crippen molar-refractivity contribution in [1.29, 1.82) is 0 Å². The maximum absolute atomic E-state index is 13.7. The maximum Gasteiger partial charge on any atom is 0.307 e. The molecule has 1 heterocycles. The van der Waals surface area contributed by atoms with Crippen molar-refractivity contribution in [3.05, 3.63) is 39.7 Å². The van der Waals surface area contributed by atoms with E-state index in [1.807, 2.05) is 4.90 Å². The number of carboxylic acid groups (broad SMARTS) is 1. The van der Waals surface area contributed by atoms with E-state index in [2.05, 4.69) is 0 Å². The van der Waals surface area contributed by atoms with Gasteiger partial charge in [0.25, 0.3) is 5.69 Å². The van der Waals surface area contributed by atoms with E-state index in [1.165, 1.54) is 12.1 Å². The number of hydrogen-bond acceptors (Lipinski definition) is 4. The van der Waals surface area contributed by atoms with Crippen LogP contribution in [0.4, 0.5) is 10.1 Å². The smallest absolute Gasteiger partial charge is 0.307 e. The molecule has 1 N–H and O–H groups in total. The second kappa shape index (κ2) is 6.62. The van der Waals surface area contributed by atoms with Gasteiger partial charge >= 0.3 is 5.97 Å². The molecule has 1 unspecified atom stereocenters. The van der Waals surface area contributed by atoms with E-state index in [0.717, 1.165) is 6.07 Å². The Morgan fingerprint density at radius 1 is 1.55 bits per heavy atom. The predicted octanol–water partition coefficient (Wildman–Crippen LogP) is 2.06. The summed E-state index contributed by atoms with van der Waals surface area (Å²) >= 11 is 0. The van der Waals surface area contributed by atoms with E-state index in [0.29, 0.717) is 25.1 Å². The van der Waals surface area contributed by atoms with E-state index in [1.54, 1.807) is 0 Å². The van der Waals surface area contributed by atoms with Crippen LogP contribution in [0, 0.1) is 21.8 Å². The first-order chi connectivity index (χ1) is 8.97. The second-order valence-corrected chi connectivity index (χ2v) is 4.59. The van der Waals surface area contributed by atoms with Crippen LogP contribution in [0.15, 0.2) is 18.2 Å². The third-order valence-electron chi connectivity index (χ3n) is 3.26. The molecule has 0 radical (unpaired) electrons. The van der Waals surface area contributed by atoms with E-state index < -0.39 is 22.6 Å². The van der Waals surface area contributed by atoms with Crippen molar-refractivity contribution in [2.75, 3.05) is 13.1 Å². The highest BCUT2D eigenvalue weighted by Gasteiger charge is 2.28. The van der Waals surface area contributed by atoms with Gasteiger partial charge in [0.05, 0.1) is 16.9 Å². The lowest BCUT2D eigenvalue weighted by Gasteiger charge is -2.15. The van der Waals surface area contributed by atoms with Gasteiger partial charge in [0.2, 0.25) is 0 Å². The summed E-state index contributed by atoms with van der Waals surface area (Å²) < 4.78 is 13.7. The molecule has 0 amide bonds. The lowest BCUT2D eigenvalue weighted by molar-refractivity contribution is -0.385. The summed E-state index contributed by atoms with van der Waals surface area (Å²) in [7, 11) is 0. The van der Waals surface area contributed by atoms with Gasteiger partial charge in [-0.25, -0.2) is 4.39 Å². The average molecular weight is 305 g/mol. The molecule has 1 aliphatic rings. The second-order valence-electron chi connectivity index (χ2n) is 4.59. The topological polar surface area (TPSA) is 83.7 Å². The van der Waals surface area contributed by atoms with Crippen molar-refractivity contribution in [1.82, 2.24) is 4.90 Å². The third kappa shape index (κ3) is 3.64. The summed E-state index contributed by atoms with van der Waals surface area (Å²) in [5.74, 6) is -1.89. The Kier molecular flexibility index (Phi) is 5.41. The van der Waals surface area contributed by atoms with E-state index >= 15 is 0 Å². The fraction of sp³-hybridized carbons (Fsp3) is 0.417. The Balaban J connectivity index is 0.00000200. The molecule has 0 aromatic heterocycles. The van der Waals surface area contributed by atoms with Crippen molar-refractivity contribution < 1.29 is 19.2 Å². The minimum atomic E-state index is -0.841. The lowest BCUT2D eigenvalue weighted by atomic mass is 10.1. The fourth-order valence-corrected chi connectivity index (χ4v) is 2.20. The molecule has 0 spiro atoms. The van der Waals surface area contributed by atoms with E-state index in [4.69, 9.17) is 5.11 Å². The molecule has 6 nitrogen and oxygen atoms in total. The van der Waals surface area contributed by atoms with Crippen LogP contribution in [0.3, 0.4) is 0 Å². The van der Waals surface area contributed by atoms with Crippen molar-refractivity contribution in [3.8, 4) is 0 Å². The van der Waals surface area contributed by atoms with Crippen molar-refractivity contribution in [3.63, 3.8) is 0 Å². The monoisotopic (exact) mass is 304 g/mol. The van der Waals surface area contributed by atoms with Crippen LogP contribution in [-0.4, -0.2) is 34.0 Å². The van der Waals surface area contributed by atoms with Gasteiger partial charge in [0.15, 0.2) is 0 Å². The molecule has 1 aliphatic heterocycles. The number of benzene rings is 1. The molecule has 110 valence electrons. The SMILES string of the molecule is Cl.O=C(O)C1CCN(Cc2ccc([N+](=O)[O-])cc2F)C1. The van der Waals surface area contributed by atoms with Crippen LogP contribution in [0.2, 0.25) is 0 Å². The number of likely N-dealkylation sites (tertiary alicyclic amines) is 1. The standard InChI is InChI=1S/C12H13FN2O4.ClH/c13-11-5-10(15(18)19)2-1-8(11)6-14-4-3-9(7-14)12(16)17;/h1-2,5,9H,3-4,6-7H2,(H,16,17);1H. The fourth-order valence-electron chi connectivity index (χ4n) is 2.20. The average Bonchev–Trinajstić information content (AvgIpc) is 2.80. The molecule has 0 saturated carbocycles. The van der Waals surface area contributed by atoms with Gasteiger partial charge in [0.1, 0.15) is 5.82 Å². The van der Waals surface area contributed by atoms with Gasteiger partial charge in [-0.05, 0) is 19.0 Å². The van der Waals surface area contributed by atoms with Gasteiger partial charge in [0, 0.05) is 24.7 Å². The third-order valence-corrected chi connectivity index (χ3v) is 3.26. The van der Waals surface area contributed by atoms with Crippen molar-refractivity contribution in [2.24, 2.45) is 5.92 Å². The van der Waals surface area contributed by atoms with Gasteiger partial charge in [-0.1, -0.05) is 0 Å². The first kappa shape index (κ1) is 16.3. The van der Waals surface area contributed by atoms with E-state index in [9.17, 15) is 19.3 Å². The summed E-state index contributed by atoms with van der Waals surface area (Å²) in [4.78, 5) is 22.5. The number of aliphatic carboxylic acids is 1. The van der Waals surface area contributed by atoms with Crippen LogP contribution < -0.4 is 0 Å². The summed E-state index contributed by atoms with van der Waals surface area (Å²) in [6.45, 7) is 1.24. The number of hydrogen-bond donors (Lipinski definition) is 1. The molecular formula is C12H14ClFN2O4. The Labute approximate surface area is 120 Å². The zero-order valence-electron chi connectivity index (χ0n) is 10.5. The molecule has 20 heavy (non-hydrogen) atoms. The molecule has 8 heteroatoms. The van der Waals surface area contributed by atoms with Crippen molar-refractivity contribution >= 4 is 24.1 Å². The molecule has 0 aliphatic carbocycles. The van der Waals surface area contributed by atoms with Gasteiger partial charge in [-0.15, -0.1) is 12.4 Å². The van der Waals surface area contributed by atoms with Crippen LogP contribution in [0.5, 0.6) is 0 Å². The first-order valence-corrected chi connectivity index (χ1v) is 5.85. The lowest BCUT2D eigenvalue weighted by Crippen LogP contribution is -2.23. The molecule has 2 rings (SSSR count). The molecule has 1 atom stereocenters. The van der Waals surface area contributed by atoms with Gasteiger partial charge in [-0.3, -0.25) is 19.8 Å². The van der Waals surface area contributed by atoms with Gasteiger partial charge in [-0.2, -0.15) is 0 Å². The summed E-state index contributed by atoms with van der Waals surface area (Å²) in [6.07, 6.45) is 0.546. The number of carbonyl (C=O) groups is 1. The minimum absolute atomic E-state index is 0. The molecule has 1 aromatic rings. The van der Waals surface area contributed by atoms with Crippen molar-refractivity contribution in [2.45, 2.75) is 13.0 Å². The predicted molar refractivity (Wildman–Crippen MR) is 71.3 cm³/mol. The summed E-state index contributed by atoms with van der Waals surface area (Å²) in [5.41, 5.74) is 0.0581.